The molecule has 0 fully saturated rings. The first-order valence-electron chi connectivity index (χ1n) is 5.60. The van der Waals surface area contributed by atoms with Crippen LogP contribution in [0.1, 0.15) is 11.1 Å². The Morgan fingerprint density at radius 3 is 3.18 bits per heavy atom. The number of hydrogen-bond acceptors (Lipinski definition) is 4. The second-order valence-corrected chi connectivity index (χ2v) is 4.26. The number of hydrogen-bond donors (Lipinski definition) is 2. The van der Waals surface area contributed by atoms with E-state index in [9.17, 15) is 0 Å². The van der Waals surface area contributed by atoms with E-state index < -0.39 is 0 Å². The van der Waals surface area contributed by atoms with Crippen LogP contribution in [0.2, 0.25) is 0 Å². The van der Waals surface area contributed by atoms with E-state index >= 15 is 0 Å². The molecule has 0 aromatic heterocycles. The number of fused-ring (bicyclic) bond motifs is 1. The molecule has 92 valence electrons. The Kier molecular flexibility index (Phi) is 3.49. The molecular formula is C12H17N3O2. The minimum atomic E-state index is 0.223. The Balaban J connectivity index is 2.16. The first-order chi connectivity index (χ1) is 8.19. The summed E-state index contributed by atoms with van der Waals surface area (Å²) < 4.78 is 5.66. The third kappa shape index (κ3) is 2.88. The number of rotatable bonds is 2. The summed E-state index contributed by atoms with van der Waals surface area (Å²) in [6, 6.07) is 6.15. The molecule has 0 atom stereocenters. The molecule has 1 aliphatic rings. The Hall–Kier alpha value is -1.75. The topological polar surface area (TPSA) is 71.1 Å². The lowest BCUT2D eigenvalue weighted by atomic mass is 10.1. The van der Waals surface area contributed by atoms with Crippen molar-refractivity contribution < 1.29 is 9.94 Å². The summed E-state index contributed by atoms with van der Waals surface area (Å²) in [4.78, 5) is 2.10. The van der Waals surface area contributed by atoms with Crippen LogP contribution in [0.25, 0.3) is 0 Å². The molecule has 5 heteroatoms. The van der Waals surface area contributed by atoms with E-state index in [0.717, 1.165) is 24.4 Å². The van der Waals surface area contributed by atoms with Crippen molar-refractivity contribution >= 4 is 5.84 Å². The number of oxime groups is 1. The molecule has 1 aromatic rings. The van der Waals surface area contributed by atoms with E-state index in [-0.39, 0.29) is 5.84 Å². The molecule has 1 aliphatic heterocycles. The minimum absolute atomic E-state index is 0.223. The van der Waals surface area contributed by atoms with Gasteiger partial charge in [0.25, 0.3) is 0 Å². The average Bonchev–Trinajstić information content (AvgIpc) is 2.50. The third-order valence-corrected chi connectivity index (χ3v) is 2.79. The van der Waals surface area contributed by atoms with Crippen LogP contribution in [0.15, 0.2) is 23.4 Å². The Labute approximate surface area is 100 Å². The van der Waals surface area contributed by atoms with E-state index in [1.807, 2.05) is 12.1 Å². The highest BCUT2D eigenvalue weighted by Gasteiger charge is 2.16. The molecular weight excluding hydrogens is 218 g/mol. The first kappa shape index (κ1) is 11.7. The van der Waals surface area contributed by atoms with Crippen molar-refractivity contribution in [3.05, 3.63) is 29.3 Å². The highest BCUT2D eigenvalue weighted by atomic mass is 16.5. The molecule has 0 bridgehead atoms. The molecule has 5 nitrogen and oxygen atoms in total. The van der Waals surface area contributed by atoms with Crippen molar-refractivity contribution in [3.63, 3.8) is 0 Å². The van der Waals surface area contributed by atoms with Gasteiger partial charge in [-0.3, -0.25) is 4.90 Å². The van der Waals surface area contributed by atoms with Gasteiger partial charge in [-0.25, -0.2) is 0 Å². The van der Waals surface area contributed by atoms with Crippen molar-refractivity contribution in [2.24, 2.45) is 10.9 Å². The molecule has 0 saturated heterocycles. The molecule has 1 heterocycles. The maximum Gasteiger partial charge on any atom is 0.153 e. The van der Waals surface area contributed by atoms with Crippen LogP contribution < -0.4 is 10.5 Å². The molecule has 2 rings (SSSR count). The van der Waals surface area contributed by atoms with Crippen molar-refractivity contribution in [1.29, 1.82) is 0 Å². The predicted molar refractivity (Wildman–Crippen MR) is 65.4 cm³/mol. The van der Waals surface area contributed by atoms with Crippen molar-refractivity contribution in [2.45, 2.75) is 13.5 Å². The molecule has 0 aliphatic carbocycles. The number of aryl methyl sites for hydroxylation is 1. The van der Waals surface area contributed by atoms with Crippen LogP contribution in [-0.4, -0.2) is 35.6 Å². The van der Waals surface area contributed by atoms with Crippen LogP contribution in [0, 0.1) is 6.92 Å². The Morgan fingerprint density at radius 1 is 1.59 bits per heavy atom. The zero-order chi connectivity index (χ0) is 12.3. The molecule has 0 unspecified atom stereocenters. The number of nitrogens with zero attached hydrogens (tertiary/aromatic N) is 2. The maximum atomic E-state index is 8.58. The van der Waals surface area contributed by atoms with Crippen LogP contribution in [-0.2, 0) is 6.54 Å². The van der Waals surface area contributed by atoms with Crippen LogP contribution >= 0.6 is 0 Å². The van der Waals surface area contributed by atoms with Gasteiger partial charge in [0, 0.05) is 18.7 Å². The highest BCUT2D eigenvalue weighted by Crippen LogP contribution is 2.23. The second-order valence-electron chi connectivity index (χ2n) is 4.26. The smallest absolute Gasteiger partial charge is 0.153 e. The SMILES string of the molecule is Cc1ccc2c(c1)CN(C/C(N)=N/O)CCO2. The second kappa shape index (κ2) is 5.05. The number of benzene rings is 1. The van der Waals surface area contributed by atoms with Crippen molar-refractivity contribution in [3.8, 4) is 5.75 Å². The van der Waals surface area contributed by atoms with E-state index in [0.29, 0.717) is 13.2 Å². The quantitative estimate of drug-likeness (QED) is 0.346. The van der Waals surface area contributed by atoms with Gasteiger partial charge in [-0.1, -0.05) is 22.9 Å². The largest absolute Gasteiger partial charge is 0.492 e. The van der Waals surface area contributed by atoms with Gasteiger partial charge >= 0.3 is 0 Å². The molecule has 0 amide bonds. The summed E-state index contributed by atoms with van der Waals surface area (Å²) in [6.07, 6.45) is 0. The van der Waals surface area contributed by atoms with Crippen LogP contribution in [0.5, 0.6) is 5.75 Å². The number of ether oxygens (including phenoxy) is 1. The molecule has 0 radical (unpaired) electrons. The van der Waals surface area contributed by atoms with E-state index in [1.54, 1.807) is 0 Å². The molecule has 0 spiro atoms. The molecule has 3 N–H and O–H groups in total. The fourth-order valence-electron chi connectivity index (χ4n) is 1.97. The summed E-state index contributed by atoms with van der Waals surface area (Å²) in [5, 5.41) is 11.6. The third-order valence-electron chi connectivity index (χ3n) is 2.79. The van der Waals surface area contributed by atoms with Gasteiger partial charge < -0.3 is 15.7 Å². The monoisotopic (exact) mass is 235 g/mol. The molecule has 0 saturated carbocycles. The Morgan fingerprint density at radius 2 is 2.41 bits per heavy atom. The average molecular weight is 235 g/mol. The van der Waals surface area contributed by atoms with Crippen LogP contribution in [0.3, 0.4) is 0 Å². The van der Waals surface area contributed by atoms with E-state index in [1.165, 1.54) is 5.56 Å². The summed E-state index contributed by atoms with van der Waals surface area (Å²) in [5.41, 5.74) is 7.88. The molecule has 1 aromatic carbocycles. The van der Waals surface area contributed by atoms with Crippen molar-refractivity contribution in [1.82, 2.24) is 4.90 Å². The molecule has 17 heavy (non-hydrogen) atoms. The summed E-state index contributed by atoms with van der Waals surface area (Å²) in [7, 11) is 0. The van der Waals surface area contributed by atoms with Gasteiger partial charge in [0.15, 0.2) is 5.84 Å². The zero-order valence-electron chi connectivity index (χ0n) is 9.89. The van der Waals surface area contributed by atoms with E-state index in [4.69, 9.17) is 15.7 Å². The first-order valence-corrected chi connectivity index (χ1v) is 5.60. The summed E-state index contributed by atoms with van der Waals surface area (Å²) in [6.45, 7) is 4.65. The lowest BCUT2D eigenvalue weighted by Gasteiger charge is -2.18. The van der Waals surface area contributed by atoms with Gasteiger partial charge in [-0.05, 0) is 13.0 Å². The normalized spacial score (nSPS) is 17.1. The van der Waals surface area contributed by atoms with Crippen LogP contribution in [0.4, 0.5) is 0 Å². The van der Waals surface area contributed by atoms with Gasteiger partial charge in [-0.2, -0.15) is 0 Å². The van der Waals surface area contributed by atoms with Gasteiger partial charge in [-0.15, -0.1) is 0 Å². The lowest BCUT2D eigenvalue weighted by Crippen LogP contribution is -2.35. The van der Waals surface area contributed by atoms with Crippen molar-refractivity contribution in [2.75, 3.05) is 19.7 Å². The van der Waals surface area contributed by atoms with E-state index in [2.05, 4.69) is 23.0 Å². The Bertz CT molecular complexity index is 432. The van der Waals surface area contributed by atoms with Gasteiger partial charge in [0.1, 0.15) is 12.4 Å². The summed E-state index contributed by atoms with van der Waals surface area (Å²) in [5.74, 6) is 1.15. The van der Waals surface area contributed by atoms with Gasteiger partial charge in [0.2, 0.25) is 0 Å². The zero-order valence-corrected chi connectivity index (χ0v) is 9.89. The number of nitrogens with two attached hydrogens (primary N) is 1. The maximum absolute atomic E-state index is 8.58. The fourth-order valence-corrected chi connectivity index (χ4v) is 1.97. The highest BCUT2D eigenvalue weighted by molar-refractivity contribution is 5.81. The summed E-state index contributed by atoms with van der Waals surface area (Å²) >= 11 is 0. The van der Waals surface area contributed by atoms with Gasteiger partial charge in [0.05, 0.1) is 6.54 Å². The fraction of sp³-hybridized carbons (Fsp3) is 0.417. The standard InChI is InChI=1S/C12H17N3O2/c1-9-2-3-11-10(6-9)7-15(4-5-17-11)8-12(13)14-16/h2-3,6,16H,4-5,7-8H2,1H3,(H2,13,14). The predicted octanol–water partition coefficient (Wildman–Crippen LogP) is 0.936. The minimum Gasteiger partial charge on any atom is -0.492 e. The number of amidine groups is 1. The lowest BCUT2D eigenvalue weighted by molar-refractivity contribution is 0.243.